The monoisotopic (exact) mass is 418 g/mol. The zero-order chi connectivity index (χ0) is 22.4. The molecule has 1 aromatic heterocycles. The largest absolute Gasteiger partial charge is 0.506 e. The minimum atomic E-state index is 0.178. The van der Waals surface area contributed by atoms with Crippen LogP contribution in [0.5, 0.6) is 17.5 Å². The molecule has 0 saturated heterocycles. The van der Waals surface area contributed by atoms with Crippen LogP contribution in [0.1, 0.15) is 22.5 Å². The quantitative estimate of drug-likeness (QED) is 0.492. The van der Waals surface area contributed by atoms with Crippen molar-refractivity contribution < 1.29 is 14.9 Å². The first-order valence-electron chi connectivity index (χ1n) is 9.70. The third-order valence-electron chi connectivity index (χ3n) is 4.59. The second-order valence-electron chi connectivity index (χ2n) is 7.04. The van der Waals surface area contributed by atoms with Crippen molar-refractivity contribution in [2.75, 3.05) is 38.5 Å². The average Bonchev–Trinajstić information content (AvgIpc) is 2.76. The number of aromatic hydroxyl groups is 2. The zero-order valence-corrected chi connectivity index (χ0v) is 18.0. The Balaban J connectivity index is 1.84. The molecule has 0 fully saturated rings. The summed E-state index contributed by atoms with van der Waals surface area (Å²) in [5.74, 6) is 0.390. The van der Waals surface area contributed by atoms with Crippen molar-refractivity contribution in [3.63, 3.8) is 0 Å². The molecule has 0 saturated carbocycles. The lowest BCUT2D eigenvalue weighted by atomic mass is 10.1. The number of phenolic OH excluding ortho intramolecular Hbond substituents is 2. The van der Waals surface area contributed by atoms with Crippen LogP contribution < -0.4 is 15.0 Å². The molecule has 2 aromatic carbocycles. The van der Waals surface area contributed by atoms with Crippen molar-refractivity contribution in [2.24, 2.45) is 0 Å². The summed E-state index contributed by atoms with van der Waals surface area (Å²) in [6.45, 7) is 0. The summed E-state index contributed by atoms with van der Waals surface area (Å²) >= 11 is 0. The number of ether oxygens (including phenoxy) is 1. The van der Waals surface area contributed by atoms with Crippen LogP contribution in [-0.2, 0) is 0 Å². The van der Waals surface area contributed by atoms with E-state index in [2.05, 4.69) is 15.3 Å². The Hall–Kier alpha value is -4.00. The molecule has 3 N–H and O–H groups in total. The summed E-state index contributed by atoms with van der Waals surface area (Å²) in [6, 6.07) is 12.9. The molecule has 0 bridgehead atoms. The summed E-state index contributed by atoms with van der Waals surface area (Å²) < 4.78 is 5.23. The standard InChI is InChI=1S/C24H26N4O3/c1-25-20-11-7-16(13-22(20)29)5-9-18-15-19(27-24(26-18)31-4)10-6-17-8-12-21(28(2)3)23(30)14-17/h5-15,25,29-30H,1-4H3. The number of nitrogens with one attached hydrogen (secondary N) is 1. The van der Waals surface area contributed by atoms with Gasteiger partial charge >= 0.3 is 6.01 Å². The molecule has 31 heavy (non-hydrogen) atoms. The van der Waals surface area contributed by atoms with E-state index in [0.29, 0.717) is 17.1 Å². The van der Waals surface area contributed by atoms with Gasteiger partial charge in [0.05, 0.1) is 29.9 Å². The van der Waals surface area contributed by atoms with E-state index in [4.69, 9.17) is 4.74 Å². The number of hydrogen-bond acceptors (Lipinski definition) is 7. The Bertz CT molecular complexity index is 1120. The molecule has 7 heteroatoms. The van der Waals surface area contributed by atoms with E-state index in [1.54, 1.807) is 25.2 Å². The fourth-order valence-electron chi connectivity index (χ4n) is 2.97. The highest BCUT2D eigenvalue weighted by Crippen LogP contribution is 2.27. The molecule has 0 atom stereocenters. The first-order valence-corrected chi connectivity index (χ1v) is 9.70. The Morgan fingerprint density at radius 1 is 0.839 bits per heavy atom. The SMILES string of the molecule is CNc1ccc(C=Cc2cc(C=Cc3ccc(N(C)C)c(O)c3)nc(OC)n2)cc1O. The van der Waals surface area contributed by atoms with Gasteiger partial charge in [-0.15, -0.1) is 0 Å². The second-order valence-corrected chi connectivity index (χ2v) is 7.04. The number of methoxy groups -OCH3 is 1. The van der Waals surface area contributed by atoms with E-state index in [0.717, 1.165) is 16.8 Å². The fraction of sp³-hybridized carbons (Fsp3) is 0.167. The van der Waals surface area contributed by atoms with Crippen LogP contribution in [0.4, 0.5) is 11.4 Å². The lowest BCUT2D eigenvalue weighted by Crippen LogP contribution is -2.08. The molecule has 0 aliphatic carbocycles. The fourth-order valence-corrected chi connectivity index (χ4v) is 2.97. The third kappa shape index (κ3) is 5.54. The minimum Gasteiger partial charge on any atom is -0.506 e. The highest BCUT2D eigenvalue weighted by atomic mass is 16.5. The molecular formula is C24H26N4O3. The Morgan fingerprint density at radius 3 is 1.90 bits per heavy atom. The average molecular weight is 418 g/mol. The predicted octanol–water partition coefficient (Wildman–Crippen LogP) is 4.34. The van der Waals surface area contributed by atoms with Gasteiger partial charge in [-0.05, 0) is 53.6 Å². The highest BCUT2D eigenvalue weighted by Gasteiger charge is 2.05. The minimum absolute atomic E-state index is 0.178. The van der Waals surface area contributed by atoms with E-state index in [-0.39, 0.29) is 17.5 Å². The number of phenols is 2. The summed E-state index contributed by atoms with van der Waals surface area (Å²) in [4.78, 5) is 10.6. The second kappa shape index (κ2) is 9.67. The third-order valence-corrected chi connectivity index (χ3v) is 4.59. The van der Waals surface area contributed by atoms with Crippen LogP contribution >= 0.6 is 0 Å². The molecule has 0 amide bonds. The lowest BCUT2D eigenvalue weighted by molar-refractivity contribution is 0.379. The van der Waals surface area contributed by atoms with Gasteiger partial charge in [-0.3, -0.25) is 0 Å². The van der Waals surface area contributed by atoms with Crippen molar-refractivity contribution in [3.05, 3.63) is 65.0 Å². The number of benzene rings is 2. The van der Waals surface area contributed by atoms with Crippen LogP contribution in [0.3, 0.4) is 0 Å². The number of nitrogens with zero attached hydrogens (tertiary/aromatic N) is 3. The first-order chi connectivity index (χ1) is 14.9. The molecule has 160 valence electrons. The van der Waals surface area contributed by atoms with E-state index in [1.165, 1.54) is 7.11 Å². The van der Waals surface area contributed by atoms with E-state index < -0.39 is 0 Å². The van der Waals surface area contributed by atoms with Gasteiger partial charge in [0.2, 0.25) is 0 Å². The maximum absolute atomic E-state index is 10.2. The number of aromatic nitrogens is 2. The molecule has 0 spiro atoms. The van der Waals surface area contributed by atoms with E-state index in [1.807, 2.05) is 67.6 Å². The van der Waals surface area contributed by atoms with Gasteiger partial charge in [-0.1, -0.05) is 24.3 Å². The maximum Gasteiger partial charge on any atom is 0.317 e. The molecule has 7 nitrogen and oxygen atoms in total. The van der Waals surface area contributed by atoms with Crippen molar-refractivity contribution in [2.45, 2.75) is 0 Å². The lowest BCUT2D eigenvalue weighted by Gasteiger charge is -2.14. The van der Waals surface area contributed by atoms with Crippen LogP contribution in [0, 0.1) is 0 Å². The molecule has 3 rings (SSSR count). The van der Waals surface area contributed by atoms with Gasteiger partial charge < -0.3 is 25.2 Å². The normalized spacial score (nSPS) is 11.2. The summed E-state index contributed by atoms with van der Waals surface area (Å²) in [7, 11) is 7.03. The van der Waals surface area contributed by atoms with Gasteiger partial charge in [0.1, 0.15) is 11.5 Å². The molecule has 0 aliphatic rings. The predicted molar refractivity (Wildman–Crippen MR) is 127 cm³/mol. The smallest absolute Gasteiger partial charge is 0.317 e. The van der Waals surface area contributed by atoms with Gasteiger partial charge in [0, 0.05) is 21.1 Å². The van der Waals surface area contributed by atoms with Gasteiger partial charge in [0.25, 0.3) is 0 Å². The molecule has 0 radical (unpaired) electrons. The Morgan fingerprint density at radius 2 is 1.42 bits per heavy atom. The Labute approximate surface area is 182 Å². The van der Waals surface area contributed by atoms with Gasteiger partial charge in [0.15, 0.2) is 0 Å². The maximum atomic E-state index is 10.2. The van der Waals surface area contributed by atoms with Crippen LogP contribution in [0.25, 0.3) is 24.3 Å². The molecular weight excluding hydrogens is 392 g/mol. The number of hydrogen-bond donors (Lipinski definition) is 3. The van der Waals surface area contributed by atoms with Crippen LogP contribution in [-0.4, -0.2) is 48.4 Å². The van der Waals surface area contributed by atoms with Crippen molar-refractivity contribution in [3.8, 4) is 17.5 Å². The van der Waals surface area contributed by atoms with Crippen molar-refractivity contribution >= 4 is 35.7 Å². The zero-order valence-electron chi connectivity index (χ0n) is 18.0. The Kier molecular flexibility index (Phi) is 6.77. The van der Waals surface area contributed by atoms with E-state index in [9.17, 15) is 10.2 Å². The highest BCUT2D eigenvalue weighted by molar-refractivity contribution is 5.74. The molecule has 0 unspecified atom stereocenters. The number of rotatable bonds is 7. The first kappa shape index (κ1) is 21.7. The van der Waals surface area contributed by atoms with E-state index >= 15 is 0 Å². The van der Waals surface area contributed by atoms with Gasteiger partial charge in [-0.2, -0.15) is 9.97 Å². The van der Waals surface area contributed by atoms with Crippen LogP contribution in [0.2, 0.25) is 0 Å². The summed E-state index contributed by atoms with van der Waals surface area (Å²) in [5.41, 5.74) is 4.42. The van der Waals surface area contributed by atoms with Crippen molar-refractivity contribution in [1.82, 2.24) is 9.97 Å². The topological polar surface area (TPSA) is 90.7 Å². The van der Waals surface area contributed by atoms with Crippen molar-refractivity contribution in [1.29, 1.82) is 0 Å². The number of anilines is 2. The molecule has 3 aromatic rings. The van der Waals surface area contributed by atoms with Crippen LogP contribution in [0.15, 0.2) is 42.5 Å². The summed E-state index contributed by atoms with van der Waals surface area (Å²) in [5, 5.41) is 23.1. The summed E-state index contributed by atoms with van der Waals surface area (Å²) in [6.07, 6.45) is 7.38. The van der Waals surface area contributed by atoms with Gasteiger partial charge in [-0.25, -0.2) is 0 Å². The molecule has 0 aliphatic heterocycles. The molecule has 1 heterocycles.